The molecule has 0 saturated carbocycles. The number of hydrogen-bond acceptors (Lipinski definition) is 2. The molecule has 0 bridgehead atoms. The minimum Gasteiger partial charge on any atom is -0.311 e. The largest absolute Gasteiger partial charge is 0.311 e. The molecule has 0 amide bonds. The Bertz CT molecular complexity index is 1800. The molecule has 256 valence electrons. The molecule has 1 aliphatic carbocycles. The van der Waals surface area contributed by atoms with Crippen LogP contribution in [0, 0.1) is 0 Å². The van der Waals surface area contributed by atoms with Gasteiger partial charge in [-0.1, -0.05) is 131 Å². The summed E-state index contributed by atoms with van der Waals surface area (Å²) in [6.07, 6.45) is 21.8. The lowest BCUT2D eigenvalue weighted by Crippen LogP contribution is -2.16. The maximum absolute atomic E-state index is 2.42. The fourth-order valence-electron chi connectivity index (χ4n) is 7.00. The van der Waals surface area contributed by atoms with Crippen LogP contribution in [0.25, 0.3) is 11.1 Å². The third-order valence-corrected chi connectivity index (χ3v) is 9.84. The minimum atomic E-state index is 1.07. The van der Waals surface area contributed by atoms with Crippen LogP contribution in [0.1, 0.15) is 89.2 Å². The van der Waals surface area contributed by atoms with Crippen molar-refractivity contribution in [2.45, 2.75) is 90.9 Å². The predicted molar refractivity (Wildman–Crippen MR) is 217 cm³/mol. The summed E-state index contributed by atoms with van der Waals surface area (Å²) < 4.78 is 0. The molecule has 0 N–H and O–H groups in total. The van der Waals surface area contributed by atoms with Gasteiger partial charge >= 0.3 is 0 Å². The highest BCUT2D eigenvalue weighted by atomic mass is 15.1. The normalized spacial score (nSPS) is 12.5. The molecule has 0 fully saturated rings. The lowest BCUT2D eigenvalue weighted by Gasteiger charge is -2.28. The van der Waals surface area contributed by atoms with Crippen molar-refractivity contribution in [2.75, 3.05) is 9.80 Å². The van der Waals surface area contributed by atoms with Crippen molar-refractivity contribution in [3.8, 4) is 11.1 Å². The highest BCUT2D eigenvalue weighted by molar-refractivity contribution is 5.80. The van der Waals surface area contributed by atoms with Crippen molar-refractivity contribution < 1.29 is 0 Å². The first-order valence-electron chi connectivity index (χ1n) is 19.1. The molecule has 5 aromatic rings. The zero-order valence-corrected chi connectivity index (χ0v) is 30.2. The smallest absolute Gasteiger partial charge is 0.0467 e. The average molecular weight is 659 g/mol. The first-order chi connectivity index (χ1) is 24.7. The molecule has 50 heavy (non-hydrogen) atoms. The van der Waals surface area contributed by atoms with Crippen LogP contribution in [-0.2, 0) is 12.8 Å². The number of rotatable bonds is 17. The van der Waals surface area contributed by atoms with Crippen LogP contribution in [0.5, 0.6) is 0 Å². The molecule has 0 spiro atoms. The van der Waals surface area contributed by atoms with Crippen LogP contribution >= 0.6 is 0 Å². The Hall–Kier alpha value is -4.82. The van der Waals surface area contributed by atoms with Gasteiger partial charge in [0, 0.05) is 34.1 Å². The molecule has 5 aromatic carbocycles. The molecule has 0 heterocycles. The van der Waals surface area contributed by atoms with Gasteiger partial charge < -0.3 is 9.80 Å². The summed E-state index contributed by atoms with van der Waals surface area (Å²) >= 11 is 0. The number of nitrogens with zero attached hydrogens (tertiary/aromatic N) is 2. The van der Waals surface area contributed by atoms with E-state index in [0.717, 1.165) is 37.1 Å². The van der Waals surface area contributed by atoms with Gasteiger partial charge in [-0.15, -0.1) is 0 Å². The van der Waals surface area contributed by atoms with E-state index in [4.69, 9.17) is 0 Å². The Labute approximate surface area is 301 Å². The molecule has 0 aliphatic heterocycles. The summed E-state index contributed by atoms with van der Waals surface area (Å²) in [7, 11) is 0. The molecule has 0 aromatic heterocycles. The van der Waals surface area contributed by atoms with E-state index in [9.17, 15) is 0 Å². The summed E-state index contributed by atoms with van der Waals surface area (Å²) in [5.74, 6) is 0. The molecule has 2 nitrogen and oxygen atoms in total. The minimum absolute atomic E-state index is 1.07. The first kappa shape index (κ1) is 35.0. The fourth-order valence-corrected chi connectivity index (χ4v) is 7.00. The number of anilines is 5. The second-order valence-electron chi connectivity index (χ2n) is 13.7. The maximum atomic E-state index is 2.42. The third-order valence-electron chi connectivity index (χ3n) is 9.84. The highest BCUT2D eigenvalue weighted by Gasteiger charge is 2.16. The van der Waals surface area contributed by atoms with E-state index in [1.165, 1.54) is 96.4 Å². The number of para-hydroxylation sites is 1. The van der Waals surface area contributed by atoms with Gasteiger partial charge in [0.25, 0.3) is 0 Å². The Morgan fingerprint density at radius 3 is 1.60 bits per heavy atom. The van der Waals surface area contributed by atoms with Gasteiger partial charge in [-0.2, -0.15) is 0 Å². The van der Waals surface area contributed by atoms with Crippen molar-refractivity contribution >= 4 is 28.4 Å². The molecule has 2 heteroatoms. The summed E-state index contributed by atoms with van der Waals surface area (Å²) in [5.41, 5.74) is 12.4. The van der Waals surface area contributed by atoms with Crippen LogP contribution in [-0.4, -0.2) is 0 Å². The van der Waals surface area contributed by atoms with Crippen molar-refractivity contribution in [1.29, 1.82) is 0 Å². The van der Waals surface area contributed by atoms with Gasteiger partial charge in [-0.05, 0) is 128 Å². The predicted octanol–water partition coefficient (Wildman–Crippen LogP) is 14.4. The number of aryl methyl sites for hydroxylation is 2. The number of hydrogen-bond donors (Lipinski definition) is 0. The lowest BCUT2D eigenvalue weighted by molar-refractivity contribution is 0.632. The number of unbranched alkanes of at least 4 members (excludes halogenated alkanes) is 6. The molecular weight excluding hydrogens is 605 g/mol. The Morgan fingerprint density at radius 1 is 0.440 bits per heavy atom. The summed E-state index contributed by atoms with van der Waals surface area (Å²) in [6, 6.07) is 47.2. The third kappa shape index (κ3) is 9.24. The Balaban J connectivity index is 1.25. The van der Waals surface area contributed by atoms with Gasteiger partial charge in [-0.25, -0.2) is 0 Å². The van der Waals surface area contributed by atoms with E-state index in [2.05, 4.69) is 169 Å². The van der Waals surface area contributed by atoms with Crippen molar-refractivity contribution in [3.05, 3.63) is 162 Å². The lowest BCUT2D eigenvalue weighted by atomic mass is 10.0. The van der Waals surface area contributed by atoms with E-state index in [-0.39, 0.29) is 0 Å². The van der Waals surface area contributed by atoms with Gasteiger partial charge in [0.1, 0.15) is 0 Å². The van der Waals surface area contributed by atoms with Crippen molar-refractivity contribution in [2.24, 2.45) is 0 Å². The molecule has 0 radical (unpaired) electrons. The zero-order chi connectivity index (χ0) is 34.4. The van der Waals surface area contributed by atoms with Crippen LogP contribution in [0.4, 0.5) is 28.4 Å². The maximum Gasteiger partial charge on any atom is 0.0467 e. The topological polar surface area (TPSA) is 6.48 Å². The first-order valence-corrected chi connectivity index (χ1v) is 19.1. The van der Waals surface area contributed by atoms with E-state index < -0.39 is 0 Å². The van der Waals surface area contributed by atoms with Gasteiger partial charge in [0.05, 0.1) is 0 Å². The second kappa shape index (κ2) is 18.3. The van der Waals surface area contributed by atoms with E-state index >= 15 is 0 Å². The average Bonchev–Trinajstić information content (AvgIpc) is 3.18. The van der Waals surface area contributed by atoms with Crippen LogP contribution in [0.15, 0.2) is 151 Å². The van der Waals surface area contributed by atoms with E-state index in [0.29, 0.717) is 0 Å². The molecule has 1 aliphatic rings. The van der Waals surface area contributed by atoms with Gasteiger partial charge in [0.15, 0.2) is 0 Å². The molecule has 0 saturated heterocycles. The van der Waals surface area contributed by atoms with Gasteiger partial charge in [0.2, 0.25) is 0 Å². The SMILES string of the molecule is CCCCCCCc1ccc(N(C2=CCCC=C2)c2cccc(-c3ccc(N(c4ccccc4)c4ccc(CCCCC)cc4)cc3)c2)cc1. The van der Waals surface area contributed by atoms with Crippen molar-refractivity contribution in [3.63, 3.8) is 0 Å². The van der Waals surface area contributed by atoms with Crippen molar-refractivity contribution in [1.82, 2.24) is 0 Å². The summed E-state index contributed by atoms with van der Waals surface area (Å²) in [4.78, 5) is 4.77. The molecule has 0 atom stereocenters. The quantitative estimate of drug-likeness (QED) is 0.0918. The van der Waals surface area contributed by atoms with Gasteiger partial charge in [-0.3, -0.25) is 0 Å². The highest BCUT2D eigenvalue weighted by Crippen LogP contribution is 2.38. The van der Waals surface area contributed by atoms with Crippen LogP contribution in [0.3, 0.4) is 0 Å². The Morgan fingerprint density at radius 2 is 0.980 bits per heavy atom. The van der Waals surface area contributed by atoms with Crippen LogP contribution in [0.2, 0.25) is 0 Å². The Kier molecular flexibility index (Phi) is 12.8. The zero-order valence-electron chi connectivity index (χ0n) is 30.2. The summed E-state index contributed by atoms with van der Waals surface area (Å²) in [5, 5.41) is 0. The van der Waals surface area contributed by atoms with E-state index in [1.807, 2.05) is 0 Å². The fraction of sp³-hybridized carbons (Fsp3) is 0.292. The molecular formula is C48H54N2. The van der Waals surface area contributed by atoms with Crippen LogP contribution < -0.4 is 9.80 Å². The number of benzene rings is 5. The molecule has 0 unspecified atom stereocenters. The number of allylic oxidation sites excluding steroid dienone is 3. The second-order valence-corrected chi connectivity index (χ2v) is 13.7. The standard InChI is InChI=1S/C48H54N2/c1-3-5-7-8-12-19-40-28-34-46(35-29-40)50(44-23-15-10-16-24-44)48-25-17-20-42(38-48)41-30-36-47(37-31-41)49(43-21-13-9-14-22-43)45-32-26-39(27-33-45)18-11-6-4-2/h9,13-15,17,20-38H,3-8,10-12,16,18-19H2,1-2H3. The van der Waals surface area contributed by atoms with E-state index in [1.54, 1.807) is 0 Å². The monoisotopic (exact) mass is 658 g/mol. The molecule has 6 rings (SSSR count). The summed E-state index contributed by atoms with van der Waals surface area (Å²) in [6.45, 7) is 4.55.